The molecule has 2 aromatic heterocycles. The van der Waals surface area contributed by atoms with Crippen LogP contribution in [0.4, 0.5) is 15.2 Å². The van der Waals surface area contributed by atoms with Crippen molar-refractivity contribution in [1.82, 2.24) is 10.2 Å². The third kappa shape index (κ3) is 4.37. The molecule has 4 heterocycles. The van der Waals surface area contributed by atoms with Gasteiger partial charge in [0.1, 0.15) is 11.4 Å². The number of nitrogens with zero attached hydrogens (tertiary/aromatic N) is 4. The van der Waals surface area contributed by atoms with Crippen LogP contribution in [0.25, 0.3) is 11.0 Å². The van der Waals surface area contributed by atoms with Crippen LogP contribution in [0.3, 0.4) is 0 Å². The SMILES string of the molecule is Cc1ccc2oc3c(c(=O)c2c1)C1(C(=O)N(Cc2ccccc2C)c2ccccc21)N(c1nnc(SCc2ccccc2F)s1)C3=O. The number of anilines is 2. The number of hydrogen-bond donors (Lipinski definition) is 0. The minimum absolute atomic E-state index is 0.0407. The lowest BCUT2D eigenvalue weighted by atomic mass is 9.84. The predicted molar refractivity (Wildman–Crippen MR) is 179 cm³/mol. The number of carbonyl (C=O) groups excluding carboxylic acids is 2. The van der Waals surface area contributed by atoms with E-state index in [4.69, 9.17) is 4.42 Å². The lowest BCUT2D eigenvalue weighted by Gasteiger charge is -2.32. The zero-order chi connectivity index (χ0) is 32.4. The van der Waals surface area contributed by atoms with E-state index < -0.39 is 22.8 Å². The third-order valence-electron chi connectivity index (χ3n) is 8.77. The molecule has 1 unspecified atom stereocenters. The molecule has 8 rings (SSSR count). The Morgan fingerprint density at radius 1 is 0.894 bits per heavy atom. The lowest BCUT2D eigenvalue weighted by molar-refractivity contribution is -0.121. The molecule has 1 atom stereocenters. The van der Waals surface area contributed by atoms with Gasteiger partial charge in [0.15, 0.2) is 15.3 Å². The molecule has 2 amide bonds. The zero-order valence-corrected chi connectivity index (χ0v) is 26.8. The third-order valence-corrected chi connectivity index (χ3v) is 10.9. The molecule has 0 aliphatic carbocycles. The predicted octanol–water partition coefficient (Wildman–Crippen LogP) is 7.14. The van der Waals surface area contributed by atoms with Crippen molar-refractivity contribution in [2.45, 2.75) is 36.0 Å². The van der Waals surface area contributed by atoms with E-state index in [9.17, 15) is 14.0 Å². The number of halogens is 1. The molecule has 0 N–H and O–H groups in total. The van der Waals surface area contributed by atoms with Crippen molar-refractivity contribution in [3.63, 3.8) is 0 Å². The van der Waals surface area contributed by atoms with Gasteiger partial charge in [0.05, 0.1) is 23.2 Å². The van der Waals surface area contributed by atoms with Gasteiger partial charge >= 0.3 is 0 Å². The van der Waals surface area contributed by atoms with Gasteiger partial charge in [-0.1, -0.05) is 95.4 Å². The Bertz CT molecular complexity index is 2340. The highest BCUT2D eigenvalue weighted by Gasteiger charge is 2.66. The molecular weight excluding hydrogens is 636 g/mol. The highest BCUT2D eigenvalue weighted by Crippen LogP contribution is 2.55. The van der Waals surface area contributed by atoms with Crippen molar-refractivity contribution in [1.29, 1.82) is 0 Å². The first-order valence-corrected chi connectivity index (χ1v) is 16.7. The molecule has 47 heavy (non-hydrogen) atoms. The monoisotopic (exact) mass is 660 g/mol. The first kappa shape index (κ1) is 29.3. The van der Waals surface area contributed by atoms with Crippen LogP contribution in [-0.4, -0.2) is 22.0 Å². The molecule has 232 valence electrons. The Balaban J connectivity index is 1.33. The van der Waals surface area contributed by atoms with Gasteiger partial charge in [-0.25, -0.2) is 4.39 Å². The molecule has 2 aliphatic heterocycles. The number of amides is 2. The number of rotatable bonds is 6. The quantitative estimate of drug-likeness (QED) is 0.138. The molecule has 0 fully saturated rings. The van der Waals surface area contributed by atoms with Crippen LogP contribution in [0.2, 0.25) is 0 Å². The summed E-state index contributed by atoms with van der Waals surface area (Å²) in [7, 11) is 0. The molecule has 0 saturated heterocycles. The molecule has 11 heteroatoms. The Hall–Kier alpha value is -5.13. The van der Waals surface area contributed by atoms with Gasteiger partial charge in [-0.15, -0.1) is 10.2 Å². The van der Waals surface area contributed by atoms with Crippen LogP contribution >= 0.6 is 23.1 Å². The van der Waals surface area contributed by atoms with Gasteiger partial charge < -0.3 is 9.32 Å². The summed E-state index contributed by atoms with van der Waals surface area (Å²) in [5.74, 6) is -1.38. The summed E-state index contributed by atoms with van der Waals surface area (Å²) in [5, 5.41) is 9.08. The second kappa shape index (κ2) is 11.0. The summed E-state index contributed by atoms with van der Waals surface area (Å²) in [5.41, 5.74) is 2.17. The van der Waals surface area contributed by atoms with Crippen molar-refractivity contribution in [3.8, 4) is 0 Å². The average molecular weight is 661 g/mol. The maximum Gasteiger partial charge on any atom is 0.297 e. The average Bonchev–Trinajstić information content (AvgIpc) is 3.71. The van der Waals surface area contributed by atoms with E-state index >= 15 is 4.79 Å². The molecule has 2 aliphatic rings. The van der Waals surface area contributed by atoms with Gasteiger partial charge in [0.2, 0.25) is 10.9 Å². The largest absolute Gasteiger partial charge is 0.450 e. The normalized spacial score (nSPS) is 16.8. The maximum absolute atomic E-state index is 15.2. The highest BCUT2D eigenvalue weighted by molar-refractivity contribution is 8.00. The van der Waals surface area contributed by atoms with E-state index in [2.05, 4.69) is 10.2 Å². The molecule has 1 spiro atoms. The van der Waals surface area contributed by atoms with E-state index in [-0.39, 0.29) is 45.5 Å². The van der Waals surface area contributed by atoms with Crippen LogP contribution in [-0.2, 0) is 22.6 Å². The number of aromatic nitrogens is 2. The Kier molecular flexibility index (Phi) is 6.85. The first-order valence-electron chi connectivity index (χ1n) is 14.9. The number of benzene rings is 4. The number of para-hydroxylation sites is 1. The molecule has 6 aromatic rings. The van der Waals surface area contributed by atoms with Crippen molar-refractivity contribution in [3.05, 3.63) is 146 Å². The van der Waals surface area contributed by atoms with Gasteiger partial charge in [-0.05, 0) is 54.8 Å². The van der Waals surface area contributed by atoms with Crippen LogP contribution < -0.4 is 15.2 Å². The second-order valence-electron chi connectivity index (χ2n) is 11.6. The molecule has 0 bridgehead atoms. The topological polar surface area (TPSA) is 96.6 Å². The lowest BCUT2D eigenvalue weighted by Crippen LogP contribution is -2.53. The molecule has 0 saturated carbocycles. The summed E-state index contributed by atoms with van der Waals surface area (Å²) >= 11 is 2.36. The van der Waals surface area contributed by atoms with Crippen LogP contribution in [0.15, 0.2) is 105 Å². The van der Waals surface area contributed by atoms with Crippen molar-refractivity contribution >= 4 is 56.7 Å². The van der Waals surface area contributed by atoms with Gasteiger partial charge in [0, 0.05) is 11.3 Å². The fourth-order valence-electron chi connectivity index (χ4n) is 6.50. The number of aryl methyl sites for hydroxylation is 2. The van der Waals surface area contributed by atoms with Gasteiger partial charge in [-0.3, -0.25) is 19.3 Å². The van der Waals surface area contributed by atoms with E-state index in [1.807, 2.05) is 50.2 Å². The van der Waals surface area contributed by atoms with Crippen molar-refractivity contribution in [2.75, 3.05) is 9.80 Å². The fourth-order valence-corrected chi connectivity index (χ4v) is 8.38. The molecule has 0 radical (unpaired) electrons. The summed E-state index contributed by atoms with van der Waals surface area (Å²) in [6.45, 7) is 4.06. The van der Waals surface area contributed by atoms with Crippen molar-refractivity contribution < 1.29 is 18.4 Å². The smallest absolute Gasteiger partial charge is 0.297 e. The number of thioether (sulfide) groups is 1. The van der Waals surface area contributed by atoms with E-state index in [1.54, 1.807) is 53.4 Å². The zero-order valence-electron chi connectivity index (χ0n) is 25.2. The van der Waals surface area contributed by atoms with Gasteiger partial charge in [-0.2, -0.15) is 0 Å². The molecule has 8 nitrogen and oxygen atoms in total. The van der Waals surface area contributed by atoms with E-state index in [1.165, 1.54) is 22.7 Å². The number of carbonyl (C=O) groups is 2. The Morgan fingerprint density at radius 2 is 1.64 bits per heavy atom. The summed E-state index contributed by atoms with van der Waals surface area (Å²) < 4.78 is 21.0. The van der Waals surface area contributed by atoms with E-state index in [0.717, 1.165) is 28.0 Å². The fraction of sp³-hybridized carbons (Fsp3) is 0.139. The highest BCUT2D eigenvalue weighted by atomic mass is 32.2. The minimum atomic E-state index is -1.89. The standard InChI is InChI=1S/C36H25FN4O4S2/c1-20-15-16-28-24(17-20)30(42)29-31(45-28)32(43)41(34-38-39-35(47-34)46-19-23-11-5-7-13-26(23)37)36(29)25-12-6-8-14-27(25)40(33(36)44)18-22-10-4-3-9-21(22)2/h3-17H,18-19H2,1-2H3. The van der Waals surface area contributed by atoms with Crippen LogP contribution in [0, 0.1) is 19.7 Å². The maximum atomic E-state index is 15.2. The Morgan fingerprint density at radius 3 is 2.45 bits per heavy atom. The van der Waals surface area contributed by atoms with E-state index in [0.29, 0.717) is 21.2 Å². The number of hydrogen-bond acceptors (Lipinski definition) is 8. The molecule has 4 aromatic carbocycles. The second-order valence-corrected chi connectivity index (χ2v) is 13.7. The summed E-state index contributed by atoms with van der Waals surface area (Å²) in [4.78, 5) is 47.1. The van der Waals surface area contributed by atoms with Gasteiger partial charge in [0.25, 0.3) is 11.8 Å². The van der Waals surface area contributed by atoms with Crippen LogP contribution in [0.5, 0.6) is 0 Å². The first-order chi connectivity index (χ1) is 22.8. The number of fused-ring (bicyclic) bond motifs is 5. The summed E-state index contributed by atoms with van der Waals surface area (Å²) in [6.07, 6.45) is 0. The summed E-state index contributed by atoms with van der Waals surface area (Å²) in [6, 6.07) is 26.6. The van der Waals surface area contributed by atoms with Crippen LogP contribution in [0.1, 0.15) is 43.9 Å². The van der Waals surface area contributed by atoms with Crippen molar-refractivity contribution in [2.24, 2.45) is 0 Å². The Labute approximate surface area is 276 Å². The molecular formula is C36H25FN4O4S2. The minimum Gasteiger partial charge on any atom is -0.450 e.